The van der Waals surface area contributed by atoms with Crippen LogP contribution in [0, 0.1) is 0 Å². The Kier molecular flexibility index (Phi) is 9.13. The first-order valence-electron chi connectivity index (χ1n) is 12.2. The van der Waals surface area contributed by atoms with Crippen LogP contribution in [0.25, 0.3) is 0 Å². The molecule has 4 amide bonds. The van der Waals surface area contributed by atoms with Crippen LogP contribution in [0.5, 0.6) is 0 Å². The molecular weight excluding hydrogens is 505 g/mol. The molecule has 2 heterocycles. The van der Waals surface area contributed by atoms with Crippen LogP contribution in [0.3, 0.4) is 0 Å². The topological polar surface area (TPSA) is 94.2 Å². The molecule has 0 radical (unpaired) electrons. The number of esters is 1. The van der Waals surface area contributed by atoms with Gasteiger partial charge in [-0.2, -0.15) is 0 Å². The van der Waals surface area contributed by atoms with Gasteiger partial charge in [-0.25, -0.2) is 14.4 Å². The van der Waals surface area contributed by atoms with Gasteiger partial charge in [0, 0.05) is 50.5 Å². The molecule has 11 heteroatoms. The summed E-state index contributed by atoms with van der Waals surface area (Å²) in [7, 11) is 0. The van der Waals surface area contributed by atoms with Crippen molar-refractivity contribution in [3.8, 4) is 0 Å². The van der Waals surface area contributed by atoms with Crippen molar-refractivity contribution in [3.63, 3.8) is 0 Å². The second kappa shape index (κ2) is 11.7. The predicted molar refractivity (Wildman–Crippen MR) is 140 cm³/mol. The van der Waals surface area contributed by atoms with Crippen LogP contribution < -0.4 is 10.6 Å². The number of hydrogen-bond acceptors (Lipinski definition) is 5. The van der Waals surface area contributed by atoms with Crippen molar-refractivity contribution < 1.29 is 19.1 Å². The maximum atomic E-state index is 13.2. The number of carbonyl (C=O) groups is 3. The fraction of sp³-hybridized carbons (Fsp3) is 0.560. The normalized spacial score (nSPS) is 19.3. The average molecular weight is 540 g/mol. The molecule has 0 spiro atoms. The quantitative estimate of drug-likeness (QED) is 0.532. The van der Waals surface area contributed by atoms with Crippen molar-refractivity contribution in [2.24, 2.45) is 0 Å². The molecule has 0 bridgehead atoms. The van der Waals surface area contributed by atoms with Crippen LogP contribution in [0.15, 0.2) is 29.5 Å². The zero-order chi connectivity index (χ0) is 26.6. The van der Waals surface area contributed by atoms with E-state index in [4.69, 9.17) is 27.9 Å². The Labute approximate surface area is 222 Å². The van der Waals surface area contributed by atoms with Crippen molar-refractivity contribution in [1.29, 1.82) is 0 Å². The summed E-state index contributed by atoms with van der Waals surface area (Å²) in [5.41, 5.74) is 1.27. The van der Waals surface area contributed by atoms with E-state index in [9.17, 15) is 14.4 Å². The third-order valence-electron chi connectivity index (χ3n) is 6.04. The third-order valence-corrected chi connectivity index (χ3v) is 6.78. The van der Waals surface area contributed by atoms with Gasteiger partial charge >= 0.3 is 18.0 Å². The third kappa shape index (κ3) is 6.63. The number of nitrogens with one attached hydrogen (secondary N) is 2. The fourth-order valence-electron chi connectivity index (χ4n) is 4.32. The molecule has 1 saturated heterocycles. The van der Waals surface area contributed by atoms with Crippen LogP contribution in [-0.2, 0) is 9.53 Å². The van der Waals surface area contributed by atoms with E-state index in [1.54, 1.807) is 34.9 Å². The number of ether oxygens (including phenoxy) is 1. The van der Waals surface area contributed by atoms with E-state index in [-0.39, 0.29) is 24.2 Å². The zero-order valence-electron chi connectivity index (χ0n) is 21.5. The van der Waals surface area contributed by atoms with Crippen molar-refractivity contribution in [1.82, 2.24) is 25.3 Å². The number of amides is 4. The molecule has 2 aliphatic heterocycles. The number of hydrogen-bond donors (Lipinski definition) is 2. The van der Waals surface area contributed by atoms with Crippen molar-refractivity contribution >= 4 is 41.2 Å². The number of nitrogens with zero attached hydrogens (tertiary/aromatic N) is 3. The van der Waals surface area contributed by atoms with Gasteiger partial charge in [0.15, 0.2) is 0 Å². The molecule has 2 aliphatic rings. The largest absolute Gasteiger partial charge is 0.463 e. The minimum Gasteiger partial charge on any atom is -0.463 e. The fourth-order valence-corrected chi connectivity index (χ4v) is 4.63. The molecule has 2 N–H and O–H groups in total. The standard InChI is InChI=1S/C25H35Cl2N5O4/c1-6-32-19(15-30-10-12-31(13-11-30)24(35)29-25(3,4)5)20(22(33)36-7-2)21(28-23(32)34)16-8-9-17(26)18(27)14-16/h8-9,14,21H,6-7,10-13,15H2,1-5H3,(H,28,34)(H,29,35)/t21-/m0/s1. The minimum absolute atomic E-state index is 0.0968. The van der Waals surface area contributed by atoms with Crippen LogP contribution in [0.4, 0.5) is 9.59 Å². The van der Waals surface area contributed by atoms with Crippen molar-refractivity contribution in [2.45, 2.75) is 46.2 Å². The van der Waals surface area contributed by atoms with E-state index in [1.165, 1.54) is 0 Å². The summed E-state index contributed by atoms with van der Waals surface area (Å²) in [5, 5.41) is 6.63. The lowest BCUT2D eigenvalue weighted by Gasteiger charge is -2.40. The molecule has 36 heavy (non-hydrogen) atoms. The van der Waals surface area contributed by atoms with Crippen LogP contribution in [0.1, 0.15) is 46.2 Å². The molecule has 9 nitrogen and oxygen atoms in total. The Morgan fingerprint density at radius 1 is 1.11 bits per heavy atom. The molecule has 0 saturated carbocycles. The van der Waals surface area contributed by atoms with E-state index in [0.29, 0.717) is 66.1 Å². The highest BCUT2D eigenvalue weighted by atomic mass is 35.5. The average Bonchev–Trinajstić information content (AvgIpc) is 2.80. The van der Waals surface area contributed by atoms with Crippen molar-refractivity contribution in [3.05, 3.63) is 45.1 Å². The number of halogens is 2. The number of rotatable bonds is 6. The lowest BCUT2D eigenvalue weighted by molar-refractivity contribution is -0.139. The van der Waals surface area contributed by atoms with E-state index in [0.717, 1.165) is 0 Å². The minimum atomic E-state index is -0.733. The summed E-state index contributed by atoms with van der Waals surface area (Å²) in [5.74, 6) is -0.495. The molecule has 198 valence electrons. The van der Waals surface area contributed by atoms with Gasteiger partial charge in [-0.05, 0) is 52.3 Å². The smallest absolute Gasteiger partial charge is 0.338 e. The van der Waals surface area contributed by atoms with Gasteiger partial charge in [0.2, 0.25) is 0 Å². The molecule has 0 aromatic heterocycles. The molecule has 3 rings (SSSR count). The second-order valence-corrected chi connectivity index (χ2v) is 10.6. The van der Waals surface area contributed by atoms with Gasteiger partial charge in [-0.3, -0.25) is 9.80 Å². The summed E-state index contributed by atoms with van der Waals surface area (Å²) >= 11 is 12.4. The summed E-state index contributed by atoms with van der Waals surface area (Å²) in [6.07, 6.45) is 0. The van der Waals surface area contributed by atoms with Crippen LogP contribution in [-0.4, -0.2) is 84.1 Å². The highest BCUT2D eigenvalue weighted by Crippen LogP contribution is 2.34. The van der Waals surface area contributed by atoms with Crippen LogP contribution in [0.2, 0.25) is 10.0 Å². The van der Waals surface area contributed by atoms with Crippen LogP contribution >= 0.6 is 23.2 Å². The number of benzene rings is 1. The van der Waals surface area contributed by atoms with Gasteiger partial charge < -0.3 is 20.3 Å². The van der Waals surface area contributed by atoms with Gasteiger partial charge in [0.25, 0.3) is 0 Å². The number of likely N-dealkylation sites (N-methyl/N-ethyl adjacent to an activating group) is 1. The number of carbonyl (C=O) groups excluding carboxylic acids is 3. The molecular formula is C25H35Cl2N5O4. The first-order valence-corrected chi connectivity index (χ1v) is 12.9. The van der Waals surface area contributed by atoms with Gasteiger partial charge in [-0.15, -0.1) is 0 Å². The maximum absolute atomic E-state index is 13.2. The maximum Gasteiger partial charge on any atom is 0.338 e. The second-order valence-electron chi connectivity index (χ2n) is 9.82. The van der Waals surface area contributed by atoms with Gasteiger partial charge in [0.05, 0.1) is 28.3 Å². The Morgan fingerprint density at radius 2 is 1.78 bits per heavy atom. The Balaban J connectivity index is 1.91. The Hall–Kier alpha value is -2.49. The highest BCUT2D eigenvalue weighted by molar-refractivity contribution is 6.42. The number of piperazine rings is 1. The lowest BCUT2D eigenvalue weighted by atomic mass is 9.94. The zero-order valence-corrected chi connectivity index (χ0v) is 23.0. The van der Waals surface area contributed by atoms with E-state index >= 15 is 0 Å². The van der Waals surface area contributed by atoms with E-state index in [2.05, 4.69) is 15.5 Å². The molecule has 0 unspecified atom stereocenters. The Bertz CT molecular complexity index is 1030. The molecule has 1 fully saturated rings. The first kappa shape index (κ1) is 28.1. The highest BCUT2D eigenvalue weighted by Gasteiger charge is 2.39. The summed E-state index contributed by atoms with van der Waals surface area (Å²) in [4.78, 5) is 44.4. The lowest BCUT2D eigenvalue weighted by Crippen LogP contribution is -2.56. The SMILES string of the molecule is CCOC(=O)C1=C(CN2CCN(C(=O)NC(C)(C)C)CC2)N(CC)C(=O)N[C@H]1c1ccc(Cl)c(Cl)c1. The summed E-state index contributed by atoms with van der Waals surface area (Å²) < 4.78 is 5.42. The molecule has 1 atom stereocenters. The van der Waals surface area contributed by atoms with E-state index < -0.39 is 12.0 Å². The van der Waals surface area contributed by atoms with Gasteiger partial charge in [0.1, 0.15) is 0 Å². The van der Waals surface area contributed by atoms with Gasteiger partial charge in [-0.1, -0.05) is 29.3 Å². The summed E-state index contributed by atoms with van der Waals surface area (Å²) in [6, 6.07) is 3.90. The van der Waals surface area contributed by atoms with E-state index in [1.807, 2.05) is 27.7 Å². The molecule has 1 aromatic rings. The summed E-state index contributed by atoms with van der Waals surface area (Å²) in [6.45, 7) is 12.7. The first-order chi connectivity index (χ1) is 16.9. The molecule has 1 aromatic carbocycles. The Morgan fingerprint density at radius 3 is 2.33 bits per heavy atom. The van der Waals surface area contributed by atoms with Crippen molar-refractivity contribution in [2.75, 3.05) is 45.9 Å². The molecule has 0 aliphatic carbocycles. The monoisotopic (exact) mass is 539 g/mol. The predicted octanol–water partition coefficient (Wildman–Crippen LogP) is 4.02. The number of urea groups is 2.